The van der Waals surface area contributed by atoms with E-state index in [4.69, 9.17) is 9.72 Å². The molecule has 0 spiro atoms. The SMILES string of the molecule is CC.CC.CC(C)(C)OC(=O)N1CCc2nc3cnc4ccccc4c3n2CC1. The summed E-state index contributed by atoms with van der Waals surface area (Å²) in [6.07, 6.45) is 2.29. The van der Waals surface area contributed by atoms with Gasteiger partial charge in [0.25, 0.3) is 0 Å². The van der Waals surface area contributed by atoms with E-state index in [0.29, 0.717) is 26.1 Å². The molecule has 1 aliphatic heterocycles. The number of rotatable bonds is 0. The first kappa shape index (κ1) is 22.7. The predicted molar refractivity (Wildman–Crippen MR) is 119 cm³/mol. The van der Waals surface area contributed by atoms with Crippen LogP contribution in [0.4, 0.5) is 4.79 Å². The van der Waals surface area contributed by atoms with Gasteiger partial charge in [-0.2, -0.15) is 0 Å². The fourth-order valence-electron chi connectivity index (χ4n) is 3.32. The third-order valence-corrected chi connectivity index (χ3v) is 4.41. The average molecular weight is 399 g/mol. The van der Waals surface area contributed by atoms with Gasteiger partial charge in [-0.05, 0) is 26.8 Å². The molecule has 2 aromatic heterocycles. The second-order valence-corrected chi connectivity index (χ2v) is 7.41. The summed E-state index contributed by atoms with van der Waals surface area (Å²) < 4.78 is 7.74. The highest BCUT2D eigenvalue weighted by molar-refractivity contribution is 6.02. The Morgan fingerprint density at radius 2 is 1.69 bits per heavy atom. The highest BCUT2D eigenvalue weighted by Gasteiger charge is 2.25. The quantitative estimate of drug-likeness (QED) is 0.506. The molecular weight excluding hydrogens is 364 g/mol. The maximum absolute atomic E-state index is 12.4. The molecule has 4 rings (SSSR count). The Morgan fingerprint density at radius 1 is 1.00 bits per heavy atom. The first-order valence-electron chi connectivity index (χ1n) is 10.6. The number of carbonyl (C=O) groups excluding carboxylic acids is 1. The van der Waals surface area contributed by atoms with Crippen LogP contribution < -0.4 is 0 Å². The lowest BCUT2D eigenvalue weighted by molar-refractivity contribution is 0.0254. The van der Waals surface area contributed by atoms with Gasteiger partial charge in [-0.1, -0.05) is 45.9 Å². The van der Waals surface area contributed by atoms with Crippen molar-refractivity contribution in [3.8, 4) is 0 Å². The van der Waals surface area contributed by atoms with Gasteiger partial charge in [0.05, 0.1) is 17.2 Å². The van der Waals surface area contributed by atoms with Crippen LogP contribution in [0.25, 0.3) is 21.9 Å². The molecular formula is C23H34N4O2. The van der Waals surface area contributed by atoms with Crippen molar-refractivity contribution < 1.29 is 9.53 Å². The molecule has 3 aromatic rings. The second-order valence-electron chi connectivity index (χ2n) is 7.41. The molecule has 0 unspecified atom stereocenters. The molecule has 29 heavy (non-hydrogen) atoms. The maximum Gasteiger partial charge on any atom is 0.410 e. The van der Waals surface area contributed by atoms with Crippen LogP contribution in [0.5, 0.6) is 0 Å². The van der Waals surface area contributed by atoms with E-state index in [-0.39, 0.29) is 6.09 Å². The van der Waals surface area contributed by atoms with Gasteiger partial charge in [0, 0.05) is 31.4 Å². The Balaban J connectivity index is 0.000000707. The van der Waals surface area contributed by atoms with Crippen molar-refractivity contribution in [1.29, 1.82) is 0 Å². The average Bonchev–Trinajstić information content (AvgIpc) is 2.94. The molecule has 6 nitrogen and oxygen atoms in total. The van der Waals surface area contributed by atoms with Crippen LogP contribution in [0.2, 0.25) is 0 Å². The summed E-state index contributed by atoms with van der Waals surface area (Å²) in [5.41, 5.74) is 2.50. The highest BCUT2D eigenvalue weighted by atomic mass is 16.6. The molecule has 0 aliphatic carbocycles. The number of benzene rings is 1. The van der Waals surface area contributed by atoms with Crippen LogP contribution in [0.3, 0.4) is 0 Å². The van der Waals surface area contributed by atoms with Crippen LogP contribution in [0.15, 0.2) is 30.5 Å². The highest BCUT2D eigenvalue weighted by Crippen LogP contribution is 2.26. The Labute approximate surface area is 173 Å². The number of para-hydroxylation sites is 1. The summed E-state index contributed by atoms with van der Waals surface area (Å²) in [5, 5.41) is 1.10. The van der Waals surface area contributed by atoms with Crippen molar-refractivity contribution >= 4 is 28.0 Å². The van der Waals surface area contributed by atoms with E-state index in [1.54, 1.807) is 4.90 Å². The van der Waals surface area contributed by atoms with Crippen molar-refractivity contribution in [1.82, 2.24) is 19.4 Å². The lowest BCUT2D eigenvalue weighted by atomic mass is 10.2. The Kier molecular flexibility index (Phi) is 7.59. The summed E-state index contributed by atoms with van der Waals surface area (Å²) in [6.45, 7) is 15.6. The predicted octanol–water partition coefficient (Wildman–Crippen LogP) is 5.43. The van der Waals surface area contributed by atoms with Crippen molar-refractivity contribution in [2.45, 2.75) is 67.0 Å². The number of nitrogens with zero attached hydrogens (tertiary/aromatic N) is 4. The lowest BCUT2D eigenvalue weighted by Gasteiger charge is -2.26. The minimum atomic E-state index is -0.481. The fraction of sp³-hybridized carbons (Fsp3) is 0.522. The van der Waals surface area contributed by atoms with E-state index in [9.17, 15) is 4.79 Å². The number of ether oxygens (including phenoxy) is 1. The van der Waals surface area contributed by atoms with Crippen LogP contribution in [0, 0.1) is 0 Å². The monoisotopic (exact) mass is 398 g/mol. The molecule has 6 heteroatoms. The van der Waals surface area contributed by atoms with Gasteiger partial charge >= 0.3 is 6.09 Å². The molecule has 1 aromatic carbocycles. The first-order valence-corrected chi connectivity index (χ1v) is 10.6. The zero-order valence-electron chi connectivity index (χ0n) is 18.8. The summed E-state index contributed by atoms with van der Waals surface area (Å²) in [4.78, 5) is 23.4. The zero-order chi connectivity index (χ0) is 21.6. The summed E-state index contributed by atoms with van der Waals surface area (Å²) in [7, 11) is 0. The van der Waals surface area contributed by atoms with Crippen LogP contribution in [0.1, 0.15) is 54.3 Å². The van der Waals surface area contributed by atoms with Crippen molar-refractivity contribution in [3.05, 3.63) is 36.3 Å². The van der Waals surface area contributed by atoms with Gasteiger partial charge in [0.1, 0.15) is 16.9 Å². The van der Waals surface area contributed by atoms with Gasteiger partial charge in [0.2, 0.25) is 0 Å². The molecule has 1 amide bonds. The standard InChI is InChI=1S/C19H22N4O2.2C2H6/c1-19(2,3)25-18(24)22-9-8-16-21-15-12-20-14-7-5-4-6-13(14)17(15)23(16)11-10-22;2*1-2/h4-7,12H,8-11H2,1-3H3;2*1-2H3. The molecule has 158 valence electrons. The summed E-state index contributed by atoms with van der Waals surface area (Å²) in [6, 6.07) is 8.10. The fourth-order valence-corrected chi connectivity index (χ4v) is 3.32. The normalized spacial score (nSPS) is 13.6. The van der Waals surface area contributed by atoms with E-state index < -0.39 is 5.60 Å². The number of imidazole rings is 1. The number of pyridine rings is 1. The third kappa shape index (κ3) is 5.05. The van der Waals surface area contributed by atoms with Gasteiger partial charge in [-0.3, -0.25) is 4.98 Å². The molecule has 1 aliphatic rings. The molecule has 0 saturated heterocycles. The third-order valence-electron chi connectivity index (χ3n) is 4.41. The number of hydrogen-bond acceptors (Lipinski definition) is 4. The van der Waals surface area contributed by atoms with E-state index >= 15 is 0 Å². The molecule has 0 bridgehead atoms. The van der Waals surface area contributed by atoms with Crippen LogP contribution >= 0.6 is 0 Å². The topological polar surface area (TPSA) is 60.2 Å². The smallest absolute Gasteiger partial charge is 0.410 e. The van der Waals surface area contributed by atoms with E-state index in [0.717, 1.165) is 27.8 Å². The molecule has 0 atom stereocenters. The largest absolute Gasteiger partial charge is 0.444 e. The zero-order valence-corrected chi connectivity index (χ0v) is 18.8. The molecule has 0 N–H and O–H groups in total. The number of aromatic nitrogens is 3. The lowest BCUT2D eigenvalue weighted by Crippen LogP contribution is -2.38. The Morgan fingerprint density at radius 3 is 2.38 bits per heavy atom. The molecule has 0 fully saturated rings. The minimum Gasteiger partial charge on any atom is -0.444 e. The van der Waals surface area contributed by atoms with Crippen LogP contribution in [-0.2, 0) is 17.7 Å². The Hall–Kier alpha value is -2.63. The first-order chi connectivity index (χ1) is 13.9. The van der Waals surface area contributed by atoms with Crippen molar-refractivity contribution in [3.63, 3.8) is 0 Å². The van der Waals surface area contributed by atoms with Crippen molar-refractivity contribution in [2.24, 2.45) is 0 Å². The molecule has 0 saturated carbocycles. The second kappa shape index (κ2) is 9.72. The summed E-state index contributed by atoms with van der Waals surface area (Å²) >= 11 is 0. The van der Waals surface area contributed by atoms with Gasteiger partial charge in [-0.15, -0.1) is 0 Å². The van der Waals surface area contributed by atoms with Gasteiger partial charge in [0.15, 0.2) is 0 Å². The minimum absolute atomic E-state index is 0.255. The number of amides is 1. The van der Waals surface area contributed by atoms with E-state index in [1.165, 1.54) is 0 Å². The van der Waals surface area contributed by atoms with Gasteiger partial charge in [-0.25, -0.2) is 9.78 Å². The number of hydrogen-bond donors (Lipinski definition) is 0. The molecule has 0 radical (unpaired) electrons. The van der Waals surface area contributed by atoms with E-state index in [2.05, 4.69) is 15.6 Å². The number of carbonyl (C=O) groups is 1. The maximum atomic E-state index is 12.4. The van der Waals surface area contributed by atoms with Crippen LogP contribution in [-0.4, -0.2) is 44.2 Å². The number of fused-ring (bicyclic) bond motifs is 5. The summed E-state index contributed by atoms with van der Waals surface area (Å²) in [5.74, 6) is 0.999. The Bertz CT molecular complexity index is 957. The van der Waals surface area contributed by atoms with Gasteiger partial charge < -0.3 is 14.2 Å². The van der Waals surface area contributed by atoms with E-state index in [1.807, 2.05) is 72.9 Å². The van der Waals surface area contributed by atoms with Crippen molar-refractivity contribution in [2.75, 3.05) is 13.1 Å². The molecule has 3 heterocycles.